The Hall–Kier alpha value is -1.79. The standard InChI is InChI=1S/C16H20Cl2N2O4/c1-8(2)14(19-9(3)21)15(22)20-13(16(23)24)7-10-11(17)5-4-6-12(10)18/h4-6,8,13-14H,7H2,1-3H3,(H,19,21)(H,20,22)(H,23,24)/t13-,14+/m0/s1. The molecule has 0 aliphatic heterocycles. The fraction of sp³-hybridized carbons (Fsp3) is 0.438. The Bertz CT molecular complexity index is 614. The summed E-state index contributed by atoms with van der Waals surface area (Å²) in [4.78, 5) is 35.0. The quantitative estimate of drug-likeness (QED) is 0.681. The minimum absolute atomic E-state index is 0.0650. The maximum absolute atomic E-state index is 12.3. The monoisotopic (exact) mass is 374 g/mol. The maximum Gasteiger partial charge on any atom is 0.326 e. The second-order valence-corrected chi connectivity index (χ2v) is 6.54. The zero-order valence-corrected chi connectivity index (χ0v) is 15.1. The van der Waals surface area contributed by atoms with Crippen LogP contribution in [-0.2, 0) is 20.8 Å². The summed E-state index contributed by atoms with van der Waals surface area (Å²) >= 11 is 12.1. The molecule has 2 amide bonds. The molecule has 3 N–H and O–H groups in total. The van der Waals surface area contributed by atoms with Gasteiger partial charge >= 0.3 is 5.97 Å². The number of benzene rings is 1. The van der Waals surface area contributed by atoms with Crippen LogP contribution < -0.4 is 10.6 Å². The molecule has 0 heterocycles. The number of aliphatic carboxylic acids is 1. The van der Waals surface area contributed by atoms with Crippen molar-refractivity contribution in [2.24, 2.45) is 5.92 Å². The summed E-state index contributed by atoms with van der Waals surface area (Å²) in [7, 11) is 0. The third-order valence-corrected chi connectivity index (χ3v) is 4.10. The van der Waals surface area contributed by atoms with Crippen molar-refractivity contribution in [2.45, 2.75) is 39.3 Å². The van der Waals surface area contributed by atoms with Gasteiger partial charge in [-0.05, 0) is 23.6 Å². The number of rotatable bonds is 7. The molecule has 0 unspecified atom stereocenters. The van der Waals surface area contributed by atoms with Crippen molar-refractivity contribution in [3.63, 3.8) is 0 Å². The summed E-state index contributed by atoms with van der Waals surface area (Å²) in [6.07, 6.45) is -0.0650. The molecule has 24 heavy (non-hydrogen) atoms. The van der Waals surface area contributed by atoms with Crippen molar-refractivity contribution in [3.05, 3.63) is 33.8 Å². The minimum atomic E-state index is -1.22. The first-order chi connectivity index (χ1) is 11.1. The summed E-state index contributed by atoms with van der Waals surface area (Å²) in [5, 5.41) is 15.0. The Morgan fingerprint density at radius 1 is 1.12 bits per heavy atom. The lowest BCUT2D eigenvalue weighted by Crippen LogP contribution is -2.53. The van der Waals surface area contributed by atoms with Gasteiger partial charge in [-0.1, -0.05) is 43.1 Å². The van der Waals surface area contributed by atoms with Crippen molar-refractivity contribution < 1.29 is 19.5 Å². The van der Waals surface area contributed by atoms with E-state index in [4.69, 9.17) is 23.2 Å². The highest BCUT2D eigenvalue weighted by Gasteiger charge is 2.28. The van der Waals surface area contributed by atoms with Gasteiger partial charge in [0, 0.05) is 23.4 Å². The highest BCUT2D eigenvalue weighted by molar-refractivity contribution is 6.36. The summed E-state index contributed by atoms with van der Waals surface area (Å²) in [6.45, 7) is 4.79. The molecule has 6 nitrogen and oxygen atoms in total. The topological polar surface area (TPSA) is 95.5 Å². The van der Waals surface area contributed by atoms with Crippen LogP contribution in [0, 0.1) is 5.92 Å². The molecule has 0 aliphatic rings. The van der Waals surface area contributed by atoms with Gasteiger partial charge in [0.2, 0.25) is 11.8 Å². The van der Waals surface area contributed by atoms with Crippen LogP contribution in [0.3, 0.4) is 0 Å². The molecule has 2 atom stereocenters. The zero-order valence-electron chi connectivity index (χ0n) is 13.6. The average Bonchev–Trinajstić information content (AvgIpc) is 2.46. The molecule has 0 saturated heterocycles. The van der Waals surface area contributed by atoms with Gasteiger partial charge in [0.05, 0.1) is 0 Å². The molecule has 0 radical (unpaired) electrons. The SMILES string of the molecule is CC(=O)N[C@@H](C(=O)N[C@@H](Cc1c(Cl)cccc1Cl)C(=O)O)C(C)C. The van der Waals surface area contributed by atoms with E-state index in [0.29, 0.717) is 15.6 Å². The zero-order chi connectivity index (χ0) is 18.4. The molecular weight excluding hydrogens is 355 g/mol. The third-order valence-electron chi connectivity index (χ3n) is 3.39. The fourth-order valence-electron chi connectivity index (χ4n) is 2.15. The predicted octanol–water partition coefficient (Wildman–Crippen LogP) is 2.27. The largest absolute Gasteiger partial charge is 0.480 e. The lowest BCUT2D eigenvalue weighted by molar-refractivity contribution is -0.142. The fourth-order valence-corrected chi connectivity index (χ4v) is 2.70. The summed E-state index contributed by atoms with van der Waals surface area (Å²) < 4.78 is 0. The first-order valence-corrected chi connectivity index (χ1v) is 8.12. The summed E-state index contributed by atoms with van der Waals surface area (Å²) in [6, 6.07) is 2.79. The normalized spacial score (nSPS) is 13.2. The van der Waals surface area contributed by atoms with Crippen LogP contribution in [0.4, 0.5) is 0 Å². The molecule has 1 aromatic carbocycles. The molecule has 8 heteroatoms. The molecule has 0 fully saturated rings. The van der Waals surface area contributed by atoms with Crippen LogP contribution in [-0.4, -0.2) is 35.0 Å². The van der Waals surface area contributed by atoms with Crippen molar-refractivity contribution in [1.29, 1.82) is 0 Å². The van der Waals surface area contributed by atoms with E-state index in [9.17, 15) is 19.5 Å². The third kappa shape index (κ3) is 5.69. The van der Waals surface area contributed by atoms with Gasteiger partial charge < -0.3 is 15.7 Å². The minimum Gasteiger partial charge on any atom is -0.480 e. The van der Waals surface area contributed by atoms with Crippen LogP contribution >= 0.6 is 23.2 Å². The lowest BCUT2D eigenvalue weighted by atomic mass is 10.0. The summed E-state index contributed by atoms with van der Waals surface area (Å²) in [5.74, 6) is -2.36. The predicted molar refractivity (Wildman–Crippen MR) is 92.2 cm³/mol. The number of halogens is 2. The Labute approximate surface area is 150 Å². The highest BCUT2D eigenvalue weighted by atomic mass is 35.5. The van der Waals surface area contributed by atoms with E-state index in [2.05, 4.69) is 10.6 Å². The Balaban J connectivity index is 2.95. The number of hydrogen-bond donors (Lipinski definition) is 3. The van der Waals surface area contributed by atoms with Gasteiger partial charge in [-0.15, -0.1) is 0 Å². The van der Waals surface area contributed by atoms with Crippen LogP contribution in [0.15, 0.2) is 18.2 Å². The molecule has 0 saturated carbocycles. The van der Waals surface area contributed by atoms with E-state index in [1.807, 2.05) is 0 Å². The van der Waals surface area contributed by atoms with Crippen molar-refractivity contribution in [1.82, 2.24) is 10.6 Å². The van der Waals surface area contributed by atoms with Crippen molar-refractivity contribution in [3.8, 4) is 0 Å². The van der Waals surface area contributed by atoms with Crippen LogP contribution in [0.1, 0.15) is 26.3 Å². The molecule has 1 rings (SSSR count). The van der Waals surface area contributed by atoms with E-state index in [-0.39, 0.29) is 18.2 Å². The molecule has 0 aromatic heterocycles. The van der Waals surface area contributed by atoms with Crippen LogP contribution in [0.25, 0.3) is 0 Å². The van der Waals surface area contributed by atoms with E-state index in [0.717, 1.165) is 0 Å². The average molecular weight is 375 g/mol. The van der Waals surface area contributed by atoms with Gasteiger partial charge in [-0.25, -0.2) is 4.79 Å². The number of carbonyl (C=O) groups excluding carboxylic acids is 2. The van der Waals surface area contributed by atoms with Gasteiger partial charge in [-0.2, -0.15) is 0 Å². The first kappa shape index (κ1) is 20.3. The molecule has 1 aromatic rings. The molecular formula is C16H20Cl2N2O4. The lowest BCUT2D eigenvalue weighted by Gasteiger charge is -2.24. The number of hydrogen-bond acceptors (Lipinski definition) is 3. The summed E-state index contributed by atoms with van der Waals surface area (Å²) in [5.41, 5.74) is 0.439. The number of carboxylic acids is 1. The van der Waals surface area contributed by atoms with E-state index < -0.39 is 24.0 Å². The van der Waals surface area contributed by atoms with Gasteiger partial charge in [0.25, 0.3) is 0 Å². The number of carbonyl (C=O) groups is 3. The Morgan fingerprint density at radius 2 is 1.67 bits per heavy atom. The Kier molecular flexibility index (Phi) is 7.51. The van der Waals surface area contributed by atoms with Crippen LogP contribution in [0.5, 0.6) is 0 Å². The Morgan fingerprint density at radius 3 is 2.08 bits per heavy atom. The van der Waals surface area contributed by atoms with E-state index in [1.54, 1.807) is 32.0 Å². The highest BCUT2D eigenvalue weighted by Crippen LogP contribution is 2.25. The van der Waals surface area contributed by atoms with E-state index in [1.165, 1.54) is 6.92 Å². The van der Waals surface area contributed by atoms with Gasteiger partial charge in [0.15, 0.2) is 0 Å². The molecule has 0 spiro atoms. The molecule has 132 valence electrons. The van der Waals surface area contributed by atoms with Crippen molar-refractivity contribution in [2.75, 3.05) is 0 Å². The van der Waals surface area contributed by atoms with Gasteiger partial charge in [-0.3, -0.25) is 9.59 Å². The molecule has 0 bridgehead atoms. The van der Waals surface area contributed by atoms with Gasteiger partial charge in [0.1, 0.15) is 12.1 Å². The number of carboxylic acid groups (broad SMARTS) is 1. The number of nitrogens with one attached hydrogen (secondary N) is 2. The molecule has 0 aliphatic carbocycles. The van der Waals surface area contributed by atoms with E-state index >= 15 is 0 Å². The van der Waals surface area contributed by atoms with Crippen LogP contribution in [0.2, 0.25) is 10.0 Å². The second kappa shape index (κ2) is 8.89. The smallest absolute Gasteiger partial charge is 0.326 e. The number of amides is 2. The maximum atomic E-state index is 12.3. The first-order valence-electron chi connectivity index (χ1n) is 7.36. The van der Waals surface area contributed by atoms with Crippen molar-refractivity contribution >= 4 is 41.0 Å². The second-order valence-electron chi connectivity index (χ2n) is 5.73.